The summed E-state index contributed by atoms with van der Waals surface area (Å²) < 4.78 is 0. The Morgan fingerprint density at radius 2 is 2.33 bits per heavy atom. The molecule has 0 aliphatic rings. The predicted molar refractivity (Wildman–Crippen MR) is 44.1 cm³/mol. The van der Waals surface area contributed by atoms with Crippen molar-refractivity contribution in [3.8, 4) is 0 Å². The molecule has 0 nitrogen and oxygen atoms in total. The van der Waals surface area contributed by atoms with Crippen molar-refractivity contribution in [2.24, 2.45) is 6.66 Å². The van der Waals surface area contributed by atoms with E-state index in [2.05, 4.69) is 31.5 Å². The number of hydrogen-bond acceptors (Lipinski definition) is 0. The molecule has 50 valence electrons. The molecule has 0 radical (unpaired) electrons. The molecule has 0 N–H and O–H groups in total. The van der Waals surface area contributed by atoms with Crippen molar-refractivity contribution < 1.29 is 0 Å². The molecule has 1 unspecified atom stereocenters. The smallest absolute Gasteiger partial charge is 0.0244 e. The molecule has 1 aromatic rings. The van der Waals surface area contributed by atoms with E-state index in [-0.39, 0.29) is 7.53 Å². The summed E-state index contributed by atoms with van der Waals surface area (Å²) in [5, 5.41) is 1.66. The number of rotatable bonds is 2. The average molecular weight is 140 g/mol. The lowest BCUT2D eigenvalue weighted by Gasteiger charge is -1.94. The van der Waals surface area contributed by atoms with Gasteiger partial charge in [0.25, 0.3) is 0 Å². The summed E-state index contributed by atoms with van der Waals surface area (Å²) >= 11 is 0. The normalized spacial score (nSPS) is 12.0. The van der Waals surface area contributed by atoms with Crippen LogP contribution in [0, 0.1) is 0 Å². The van der Waals surface area contributed by atoms with E-state index >= 15 is 0 Å². The van der Waals surface area contributed by atoms with Crippen molar-refractivity contribution in [3.63, 3.8) is 0 Å². The van der Waals surface area contributed by atoms with Crippen LogP contribution in [-0.4, -0.2) is 0 Å². The summed E-state index contributed by atoms with van der Waals surface area (Å²) in [4.78, 5) is 0. The molecule has 0 aliphatic heterocycles. The fraction of sp³-hybridized carbons (Fsp3) is 0.500. The van der Waals surface area contributed by atoms with E-state index in [1.807, 2.05) is 0 Å². The van der Waals surface area contributed by atoms with Crippen LogP contribution in [0.5, 0.6) is 0 Å². The number of hydrogen-bond donors (Lipinski definition) is 0. The van der Waals surface area contributed by atoms with E-state index in [4.69, 9.17) is 0 Å². The molecule has 0 spiro atoms. The van der Waals surface area contributed by atoms with Gasteiger partial charge in [-0.3, -0.25) is 0 Å². The Bertz CT molecular complexity index is 176. The van der Waals surface area contributed by atoms with Gasteiger partial charge in [0, 0.05) is 0 Å². The third kappa shape index (κ3) is 1.59. The first-order valence-corrected chi connectivity index (χ1v) is 5.30. The second kappa shape index (κ2) is 3.08. The number of aryl methyl sites for hydroxylation is 2. The maximum atomic E-state index is 2.32. The Hall–Kier alpha value is -0.220. The van der Waals surface area contributed by atoms with Crippen molar-refractivity contribution in [3.05, 3.63) is 23.2 Å². The highest BCUT2D eigenvalue weighted by Crippen LogP contribution is 2.30. The topological polar surface area (TPSA) is 0 Å². The predicted octanol–water partition coefficient (Wildman–Crippen LogP) is 3.16. The third-order valence-corrected chi connectivity index (χ3v) is 3.46. The minimum atomic E-state index is 0.146. The van der Waals surface area contributed by atoms with Gasteiger partial charge in [0.15, 0.2) is 0 Å². The lowest BCUT2D eigenvalue weighted by atomic mass is 10.3. The summed E-state index contributed by atoms with van der Waals surface area (Å²) in [6.07, 6.45) is 2.59. The van der Waals surface area contributed by atoms with Crippen LogP contribution in [0.15, 0.2) is 17.9 Å². The SMILES string of the molecule is CCCc1cccp1C. The lowest BCUT2D eigenvalue weighted by Crippen LogP contribution is -1.73. The van der Waals surface area contributed by atoms with Gasteiger partial charge < -0.3 is 0 Å². The molecule has 1 atom stereocenters. The highest BCUT2D eigenvalue weighted by Gasteiger charge is 1.93. The zero-order valence-electron chi connectivity index (χ0n) is 6.09. The molecule has 0 amide bonds. The summed E-state index contributed by atoms with van der Waals surface area (Å²) in [6, 6.07) is 4.46. The summed E-state index contributed by atoms with van der Waals surface area (Å²) in [5.74, 6) is 2.32. The maximum absolute atomic E-state index is 2.32. The van der Waals surface area contributed by atoms with Gasteiger partial charge >= 0.3 is 0 Å². The van der Waals surface area contributed by atoms with Gasteiger partial charge in [0.05, 0.1) is 0 Å². The van der Waals surface area contributed by atoms with Crippen LogP contribution in [0.25, 0.3) is 0 Å². The highest BCUT2D eigenvalue weighted by molar-refractivity contribution is 7.48. The Balaban J connectivity index is 2.69. The zero-order valence-corrected chi connectivity index (χ0v) is 6.99. The van der Waals surface area contributed by atoms with E-state index in [0.29, 0.717) is 0 Å². The van der Waals surface area contributed by atoms with Crippen molar-refractivity contribution in [2.75, 3.05) is 0 Å². The van der Waals surface area contributed by atoms with Crippen molar-refractivity contribution in [2.45, 2.75) is 19.8 Å². The average Bonchev–Trinajstić information content (AvgIpc) is 2.18. The van der Waals surface area contributed by atoms with Gasteiger partial charge in [-0.2, -0.15) is 0 Å². The zero-order chi connectivity index (χ0) is 6.69. The molecule has 0 saturated carbocycles. The van der Waals surface area contributed by atoms with Crippen molar-refractivity contribution >= 4 is 7.53 Å². The first-order valence-electron chi connectivity index (χ1n) is 3.45. The van der Waals surface area contributed by atoms with Crippen LogP contribution in [0.2, 0.25) is 0 Å². The molecular formula is C8H13P. The molecule has 1 aromatic heterocycles. The molecule has 0 bridgehead atoms. The minimum Gasteiger partial charge on any atom is -0.125 e. The first kappa shape index (κ1) is 6.89. The largest absolute Gasteiger partial charge is 0.125 e. The van der Waals surface area contributed by atoms with Crippen LogP contribution in [-0.2, 0) is 13.1 Å². The van der Waals surface area contributed by atoms with Gasteiger partial charge in [0.1, 0.15) is 0 Å². The fourth-order valence-electron chi connectivity index (χ4n) is 1.01. The van der Waals surface area contributed by atoms with Crippen LogP contribution >= 0.6 is 7.53 Å². The van der Waals surface area contributed by atoms with Gasteiger partial charge in [-0.05, 0) is 24.2 Å². The van der Waals surface area contributed by atoms with Gasteiger partial charge in [-0.1, -0.05) is 25.5 Å². The van der Waals surface area contributed by atoms with Crippen molar-refractivity contribution in [1.82, 2.24) is 0 Å². The minimum absolute atomic E-state index is 0.146. The maximum Gasteiger partial charge on any atom is -0.0244 e. The van der Waals surface area contributed by atoms with E-state index < -0.39 is 0 Å². The van der Waals surface area contributed by atoms with E-state index in [1.54, 1.807) is 5.30 Å². The molecule has 1 heterocycles. The Morgan fingerprint density at radius 3 is 2.78 bits per heavy atom. The second-order valence-electron chi connectivity index (χ2n) is 2.36. The Kier molecular flexibility index (Phi) is 2.36. The van der Waals surface area contributed by atoms with Crippen LogP contribution in [0.3, 0.4) is 0 Å². The molecule has 0 fully saturated rings. The van der Waals surface area contributed by atoms with Gasteiger partial charge in [-0.25, -0.2) is 0 Å². The summed E-state index contributed by atoms with van der Waals surface area (Å²) in [7, 11) is 0.146. The van der Waals surface area contributed by atoms with Crippen LogP contribution in [0.1, 0.15) is 18.6 Å². The third-order valence-electron chi connectivity index (χ3n) is 1.56. The molecule has 9 heavy (non-hydrogen) atoms. The van der Waals surface area contributed by atoms with Crippen LogP contribution < -0.4 is 0 Å². The van der Waals surface area contributed by atoms with Crippen LogP contribution in [0.4, 0.5) is 0 Å². The quantitative estimate of drug-likeness (QED) is 0.591. The molecule has 0 aromatic carbocycles. The molecule has 0 aliphatic carbocycles. The first-order chi connectivity index (χ1) is 4.34. The molecule has 1 rings (SSSR count). The molecular weight excluding hydrogens is 127 g/mol. The Morgan fingerprint density at radius 1 is 1.56 bits per heavy atom. The van der Waals surface area contributed by atoms with E-state index in [0.717, 1.165) is 0 Å². The van der Waals surface area contributed by atoms with E-state index in [1.165, 1.54) is 12.8 Å². The monoisotopic (exact) mass is 140 g/mol. The van der Waals surface area contributed by atoms with Gasteiger partial charge in [0.2, 0.25) is 0 Å². The van der Waals surface area contributed by atoms with E-state index in [9.17, 15) is 0 Å². The summed E-state index contributed by atoms with van der Waals surface area (Å²) in [5.41, 5.74) is 0. The standard InChI is InChI=1S/C8H13P/c1-3-5-8-6-4-7-9(8)2/h4,6-7H,3,5H2,1-2H3. The molecule has 1 heteroatoms. The second-order valence-corrected chi connectivity index (χ2v) is 4.45. The van der Waals surface area contributed by atoms with Crippen molar-refractivity contribution in [1.29, 1.82) is 0 Å². The fourth-order valence-corrected chi connectivity index (χ4v) is 2.45. The van der Waals surface area contributed by atoms with Gasteiger partial charge in [-0.15, -0.1) is 7.53 Å². The highest BCUT2D eigenvalue weighted by atomic mass is 31.1. The Labute approximate surface area is 58.0 Å². The lowest BCUT2D eigenvalue weighted by molar-refractivity contribution is 0.939. The summed E-state index contributed by atoms with van der Waals surface area (Å²) in [6.45, 7) is 4.56. The molecule has 0 saturated heterocycles.